The summed E-state index contributed by atoms with van der Waals surface area (Å²) < 4.78 is 15.7. The van der Waals surface area contributed by atoms with Gasteiger partial charge in [0.15, 0.2) is 0 Å². The highest BCUT2D eigenvalue weighted by molar-refractivity contribution is 5.69. The van der Waals surface area contributed by atoms with Gasteiger partial charge in [0.05, 0.1) is 52.7 Å². The van der Waals surface area contributed by atoms with Gasteiger partial charge in [0.1, 0.15) is 0 Å². The van der Waals surface area contributed by atoms with Crippen molar-refractivity contribution in [2.45, 2.75) is 0 Å². The van der Waals surface area contributed by atoms with Crippen molar-refractivity contribution >= 4 is 11.9 Å². The van der Waals surface area contributed by atoms with Gasteiger partial charge in [0.25, 0.3) is 0 Å². The molecule has 0 unspecified atom stereocenters. The molecule has 0 aromatic rings. The Morgan fingerprint density at radius 2 is 1.00 bits per heavy atom. The van der Waals surface area contributed by atoms with Gasteiger partial charge in [0, 0.05) is 13.1 Å². The molecule has 9 heteroatoms. The quantitative estimate of drug-likeness (QED) is 0.249. The summed E-state index contributed by atoms with van der Waals surface area (Å²) in [7, 11) is 0. The van der Waals surface area contributed by atoms with Gasteiger partial charge in [-0.05, 0) is 0 Å². The Bertz CT molecular complexity index is 250. The first-order valence-corrected chi connectivity index (χ1v) is 6.71. The number of ether oxygens (including phenoxy) is 3. The van der Waals surface area contributed by atoms with E-state index >= 15 is 0 Å². The molecule has 0 radical (unpaired) electrons. The maximum Gasteiger partial charge on any atom is 0.317 e. The zero-order chi connectivity index (χ0) is 15.8. The van der Waals surface area contributed by atoms with E-state index in [1.807, 2.05) is 0 Å². The molecule has 0 aliphatic heterocycles. The molecule has 0 aromatic carbocycles. The second kappa shape index (κ2) is 15.1. The van der Waals surface area contributed by atoms with Gasteiger partial charge in [-0.1, -0.05) is 0 Å². The molecule has 0 rings (SSSR count). The number of carbonyl (C=O) groups is 2. The van der Waals surface area contributed by atoms with E-state index in [9.17, 15) is 9.59 Å². The molecule has 4 N–H and O–H groups in total. The molecule has 0 aromatic heterocycles. The Morgan fingerprint density at radius 1 is 0.667 bits per heavy atom. The summed E-state index contributed by atoms with van der Waals surface area (Å²) in [6.07, 6.45) is 0. The molecule has 0 saturated carbocycles. The van der Waals surface area contributed by atoms with Gasteiger partial charge in [-0.25, -0.2) is 0 Å². The number of aliphatic carboxylic acids is 2. The fourth-order valence-electron chi connectivity index (χ4n) is 1.22. The van der Waals surface area contributed by atoms with Gasteiger partial charge in [-0.15, -0.1) is 0 Å². The Labute approximate surface area is 123 Å². The van der Waals surface area contributed by atoms with Crippen molar-refractivity contribution in [2.75, 3.05) is 65.8 Å². The lowest BCUT2D eigenvalue weighted by atomic mass is 10.6. The predicted molar refractivity (Wildman–Crippen MR) is 73.5 cm³/mol. The number of hydrogen-bond donors (Lipinski definition) is 4. The first-order valence-electron chi connectivity index (χ1n) is 6.71. The fourth-order valence-corrected chi connectivity index (χ4v) is 1.22. The van der Waals surface area contributed by atoms with Crippen molar-refractivity contribution in [3.05, 3.63) is 0 Å². The molecule has 0 heterocycles. The molecule has 0 atom stereocenters. The van der Waals surface area contributed by atoms with Crippen LogP contribution in [0.2, 0.25) is 0 Å². The van der Waals surface area contributed by atoms with Gasteiger partial charge in [-0.2, -0.15) is 0 Å². The summed E-state index contributed by atoms with van der Waals surface area (Å²) in [6, 6.07) is 0. The van der Waals surface area contributed by atoms with Crippen molar-refractivity contribution < 1.29 is 34.0 Å². The topological polar surface area (TPSA) is 126 Å². The normalized spacial score (nSPS) is 10.7. The van der Waals surface area contributed by atoms with Crippen molar-refractivity contribution in [2.24, 2.45) is 0 Å². The van der Waals surface area contributed by atoms with Gasteiger partial charge < -0.3 is 35.1 Å². The first kappa shape index (κ1) is 19.7. The highest BCUT2D eigenvalue weighted by Gasteiger charge is 1.96. The van der Waals surface area contributed by atoms with Crippen LogP contribution in [-0.2, 0) is 23.8 Å². The molecule has 0 saturated heterocycles. The van der Waals surface area contributed by atoms with Crippen molar-refractivity contribution in [1.82, 2.24) is 10.6 Å². The zero-order valence-corrected chi connectivity index (χ0v) is 12.0. The largest absolute Gasteiger partial charge is 0.480 e. The summed E-state index contributed by atoms with van der Waals surface area (Å²) in [5.74, 6) is -1.78. The monoisotopic (exact) mass is 308 g/mol. The molecule has 0 aliphatic rings. The van der Waals surface area contributed by atoms with Crippen LogP contribution in [0.3, 0.4) is 0 Å². The third-order valence-corrected chi connectivity index (χ3v) is 2.14. The van der Waals surface area contributed by atoms with E-state index in [4.69, 9.17) is 24.4 Å². The van der Waals surface area contributed by atoms with Gasteiger partial charge in [0.2, 0.25) is 0 Å². The summed E-state index contributed by atoms with van der Waals surface area (Å²) in [4.78, 5) is 20.4. The number of carboxylic acid groups (broad SMARTS) is 2. The number of nitrogens with one attached hydrogen (secondary N) is 2. The van der Waals surface area contributed by atoms with Crippen LogP contribution in [0.25, 0.3) is 0 Å². The highest BCUT2D eigenvalue weighted by Crippen LogP contribution is 1.81. The maximum absolute atomic E-state index is 10.2. The SMILES string of the molecule is O=C(O)CNCCOCCOCCOCCNCC(=O)O. The second-order valence-corrected chi connectivity index (χ2v) is 3.98. The molecule has 0 amide bonds. The standard InChI is InChI=1S/C12H24N2O7/c15-11(16)9-13-1-3-19-5-7-21-8-6-20-4-2-14-10-12(17)18/h13-14H,1-10H2,(H,15,16)(H,17,18). The van der Waals surface area contributed by atoms with Crippen molar-refractivity contribution in [3.63, 3.8) is 0 Å². The second-order valence-electron chi connectivity index (χ2n) is 3.98. The smallest absolute Gasteiger partial charge is 0.317 e. The van der Waals surface area contributed by atoms with Crippen LogP contribution >= 0.6 is 0 Å². The number of rotatable bonds is 16. The van der Waals surface area contributed by atoms with Gasteiger partial charge >= 0.3 is 11.9 Å². The summed E-state index contributed by atoms with van der Waals surface area (Å²) in [5, 5.41) is 22.1. The summed E-state index contributed by atoms with van der Waals surface area (Å²) >= 11 is 0. The average Bonchev–Trinajstić information content (AvgIpc) is 2.42. The van der Waals surface area contributed by atoms with Crippen LogP contribution in [0.5, 0.6) is 0 Å². The number of hydrogen-bond acceptors (Lipinski definition) is 7. The maximum atomic E-state index is 10.2. The van der Waals surface area contributed by atoms with E-state index in [-0.39, 0.29) is 13.1 Å². The van der Waals surface area contributed by atoms with E-state index < -0.39 is 11.9 Å². The van der Waals surface area contributed by atoms with Crippen LogP contribution in [0.15, 0.2) is 0 Å². The van der Waals surface area contributed by atoms with E-state index in [0.717, 1.165) is 0 Å². The van der Waals surface area contributed by atoms with Crippen LogP contribution in [0, 0.1) is 0 Å². The van der Waals surface area contributed by atoms with Crippen molar-refractivity contribution in [1.29, 1.82) is 0 Å². The molecule has 0 spiro atoms. The minimum Gasteiger partial charge on any atom is -0.480 e. The summed E-state index contributed by atoms with van der Waals surface area (Å²) in [6.45, 7) is 3.46. The van der Waals surface area contributed by atoms with Crippen LogP contribution in [0.4, 0.5) is 0 Å². The predicted octanol–water partition coefficient (Wildman–Crippen LogP) is -1.62. The molecule has 9 nitrogen and oxygen atoms in total. The lowest BCUT2D eigenvalue weighted by Gasteiger charge is -2.07. The Hall–Kier alpha value is -1.26. The molecule has 124 valence electrons. The highest BCUT2D eigenvalue weighted by atomic mass is 16.5. The van der Waals surface area contributed by atoms with Crippen LogP contribution in [0.1, 0.15) is 0 Å². The zero-order valence-electron chi connectivity index (χ0n) is 12.0. The van der Waals surface area contributed by atoms with Crippen LogP contribution in [-0.4, -0.2) is 88.0 Å². The van der Waals surface area contributed by atoms with E-state index in [2.05, 4.69) is 10.6 Å². The molecular weight excluding hydrogens is 284 g/mol. The first-order chi connectivity index (χ1) is 10.1. The summed E-state index contributed by atoms with van der Waals surface area (Å²) in [5.41, 5.74) is 0. The fraction of sp³-hybridized carbons (Fsp3) is 0.833. The third-order valence-electron chi connectivity index (χ3n) is 2.14. The van der Waals surface area contributed by atoms with E-state index in [1.54, 1.807) is 0 Å². The third kappa shape index (κ3) is 18.7. The number of carboxylic acids is 2. The average molecular weight is 308 g/mol. The van der Waals surface area contributed by atoms with E-state index in [0.29, 0.717) is 52.7 Å². The minimum absolute atomic E-state index is 0.0709. The lowest BCUT2D eigenvalue weighted by molar-refractivity contribution is -0.137. The molecular formula is C12H24N2O7. The van der Waals surface area contributed by atoms with Crippen molar-refractivity contribution in [3.8, 4) is 0 Å². The van der Waals surface area contributed by atoms with Crippen LogP contribution < -0.4 is 10.6 Å². The molecule has 0 bridgehead atoms. The molecule has 0 fully saturated rings. The Balaban J connectivity index is 2.99. The Morgan fingerprint density at radius 3 is 1.33 bits per heavy atom. The lowest BCUT2D eigenvalue weighted by Crippen LogP contribution is -2.27. The van der Waals surface area contributed by atoms with E-state index in [1.165, 1.54) is 0 Å². The molecule has 21 heavy (non-hydrogen) atoms. The Kier molecular flexibility index (Phi) is 14.2. The molecule has 0 aliphatic carbocycles. The minimum atomic E-state index is -0.892. The van der Waals surface area contributed by atoms with Gasteiger partial charge in [-0.3, -0.25) is 9.59 Å².